The number of rotatable bonds is 7. The normalized spacial score (nSPS) is 19.7. The molecule has 0 unspecified atom stereocenters. The molecule has 0 radical (unpaired) electrons. The number of fused-ring (bicyclic) bond motifs is 1. The van der Waals surface area contributed by atoms with Crippen LogP contribution in [0.5, 0.6) is 17.5 Å². The third-order valence-corrected chi connectivity index (χ3v) is 5.66. The number of nitrogens with one attached hydrogen (secondary N) is 1. The number of alkyl halides is 4. The Morgan fingerprint density at radius 3 is 2.86 bits per heavy atom. The summed E-state index contributed by atoms with van der Waals surface area (Å²) in [7, 11) is 1.53. The van der Waals surface area contributed by atoms with Crippen LogP contribution in [0.3, 0.4) is 0 Å². The minimum atomic E-state index is -3.29. The van der Waals surface area contributed by atoms with E-state index >= 15 is 0 Å². The van der Waals surface area contributed by atoms with Gasteiger partial charge in [-0.1, -0.05) is 11.6 Å². The number of hydrogen-bond donors (Lipinski definition) is 2. The fourth-order valence-corrected chi connectivity index (χ4v) is 3.87. The molecule has 1 fully saturated rings. The number of hydrogen-bond acceptors (Lipinski definition) is 7. The van der Waals surface area contributed by atoms with Crippen molar-refractivity contribution < 1.29 is 36.9 Å². The molecule has 14 heteroatoms. The molecule has 3 aromatic heterocycles. The van der Waals surface area contributed by atoms with Crippen molar-refractivity contribution in [2.75, 3.05) is 6.61 Å². The first kappa shape index (κ1) is 24.9. The monoisotopic (exact) mass is 517 g/mol. The highest BCUT2D eigenvalue weighted by atomic mass is 35.5. The third kappa shape index (κ3) is 5.40. The van der Waals surface area contributed by atoms with Gasteiger partial charge in [0.15, 0.2) is 11.6 Å². The lowest BCUT2D eigenvalue weighted by atomic mass is 9.89. The number of imidazole rings is 1. The minimum absolute atomic E-state index is 0.00785. The second kappa shape index (κ2) is 9.82. The highest BCUT2D eigenvalue weighted by Gasteiger charge is 2.46. The maximum absolute atomic E-state index is 13.8. The quantitative estimate of drug-likeness (QED) is 0.459. The van der Waals surface area contributed by atoms with Gasteiger partial charge in [0, 0.05) is 31.8 Å². The van der Waals surface area contributed by atoms with E-state index in [1.807, 2.05) is 0 Å². The number of carbonyl (C=O) groups excluding carboxylic acids is 1. The standard InChI is InChI=1S/C21H20ClF4N5O4/c1-31-13-6-16(35-20-14(34-9-15(23)24)5-10(22)7-28-20)27-8-12(13)29-18(31)19(33)30-11-3-2-4-21(25,26)17(11)32/h5-8,11,15,17,32H,2-4,9H2,1H3,(H,30,33)/t11-,17+/m0/s1. The van der Waals surface area contributed by atoms with Crippen LogP contribution in [0.15, 0.2) is 24.5 Å². The molecule has 0 bridgehead atoms. The van der Waals surface area contributed by atoms with Gasteiger partial charge in [0.25, 0.3) is 24.1 Å². The number of nitrogens with zero attached hydrogens (tertiary/aromatic N) is 4. The summed E-state index contributed by atoms with van der Waals surface area (Å²) in [5.74, 6) is -4.40. The molecule has 35 heavy (non-hydrogen) atoms. The molecule has 188 valence electrons. The van der Waals surface area contributed by atoms with Gasteiger partial charge in [0.05, 0.1) is 22.8 Å². The SMILES string of the molecule is Cn1c(C(=O)N[C@H]2CCCC(F)(F)[C@@H]2O)nc2cnc(Oc3ncc(Cl)cc3OCC(F)F)cc21. The van der Waals surface area contributed by atoms with E-state index in [9.17, 15) is 27.5 Å². The van der Waals surface area contributed by atoms with Crippen LogP contribution in [0.2, 0.25) is 5.02 Å². The van der Waals surface area contributed by atoms with Crippen molar-refractivity contribution in [3.63, 3.8) is 0 Å². The lowest BCUT2D eigenvalue weighted by Crippen LogP contribution is -2.54. The Balaban J connectivity index is 1.55. The second-order valence-electron chi connectivity index (χ2n) is 7.94. The molecule has 3 aromatic rings. The van der Waals surface area contributed by atoms with Crippen LogP contribution < -0.4 is 14.8 Å². The number of aryl methyl sites for hydroxylation is 1. The summed E-state index contributed by atoms with van der Waals surface area (Å²) in [5, 5.41) is 12.5. The van der Waals surface area contributed by atoms with E-state index in [0.717, 1.165) is 0 Å². The number of ether oxygens (including phenoxy) is 2. The van der Waals surface area contributed by atoms with Crippen LogP contribution in [0, 0.1) is 0 Å². The van der Waals surface area contributed by atoms with E-state index in [4.69, 9.17) is 21.1 Å². The number of carbonyl (C=O) groups is 1. The summed E-state index contributed by atoms with van der Waals surface area (Å²) in [6, 6.07) is 1.57. The average molecular weight is 518 g/mol. The lowest BCUT2D eigenvalue weighted by Gasteiger charge is -2.34. The molecule has 0 saturated heterocycles. The second-order valence-corrected chi connectivity index (χ2v) is 8.38. The molecule has 4 rings (SSSR count). The Bertz CT molecular complexity index is 1240. The maximum Gasteiger partial charge on any atom is 0.287 e. The first-order chi connectivity index (χ1) is 16.5. The number of aliphatic hydroxyl groups is 1. The lowest BCUT2D eigenvalue weighted by molar-refractivity contribution is -0.142. The molecule has 1 aliphatic carbocycles. The zero-order chi connectivity index (χ0) is 25.3. The molecule has 3 heterocycles. The molecule has 0 aromatic carbocycles. The summed E-state index contributed by atoms with van der Waals surface area (Å²) in [5.41, 5.74) is 0.705. The Morgan fingerprint density at radius 1 is 1.34 bits per heavy atom. The van der Waals surface area contributed by atoms with Crippen LogP contribution >= 0.6 is 11.6 Å². The van der Waals surface area contributed by atoms with Crippen LogP contribution in [-0.4, -0.2) is 61.6 Å². The number of pyridine rings is 2. The van der Waals surface area contributed by atoms with E-state index in [0.29, 0.717) is 11.0 Å². The fraction of sp³-hybridized carbons (Fsp3) is 0.429. The van der Waals surface area contributed by atoms with Crippen LogP contribution in [0.1, 0.15) is 29.9 Å². The van der Waals surface area contributed by atoms with Crippen molar-refractivity contribution in [1.29, 1.82) is 0 Å². The highest BCUT2D eigenvalue weighted by Crippen LogP contribution is 2.34. The third-order valence-electron chi connectivity index (χ3n) is 5.45. The summed E-state index contributed by atoms with van der Waals surface area (Å²) < 4.78 is 64.7. The minimum Gasteiger partial charge on any atom is -0.482 e. The van der Waals surface area contributed by atoms with E-state index in [1.54, 1.807) is 0 Å². The van der Waals surface area contributed by atoms with Gasteiger partial charge in [-0.2, -0.15) is 0 Å². The van der Waals surface area contributed by atoms with Crippen LogP contribution in [-0.2, 0) is 7.05 Å². The van der Waals surface area contributed by atoms with Gasteiger partial charge in [-0.3, -0.25) is 4.79 Å². The van der Waals surface area contributed by atoms with Crippen LogP contribution in [0.4, 0.5) is 17.6 Å². The van der Waals surface area contributed by atoms with Gasteiger partial charge in [0.2, 0.25) is 5.88 Å². The molecular weight excluding hydrogens is 498 g/mol. The van der Waals surface area contributed by atoms with Crippen LogP contribution in [0.25, 0.3) is 11.0 Å². The molecule has 1 saturated carbocycles. The Hall–Kier alpha value is -3.19. The summed E-state index contributed by atoms with van der Waals surface area (Å²) in [6.45, 7) is -0.896. The Kier molecular flexibility index (Phi) is 6.99. The van der Waals surface area contributed by atoms with Gasteiger partial charge in [-0.25, -0.2) is 32.5 Å². The van der Waals surface area contributed by atoms with Crippen molar-refractivity contribution in [2.24, 2.45) is 7.05 Å². The van der Waals surface area contributed by atoms with E-state index in [2.05, 4.69) is 20.3 Å². The van der Waals surface area contributed by atoms with Crippen molar-refractivity contribution in [1.82, 2.24) is 24.8 Å². The van der Waals surface area contributed by atoms with Gasteiger partial charge in [0.1, 0.15) is 18.2 Å². The number of halogens is 5. The predicted molar refractivity (Wildman–Crippen MR) is 115 cm³/mol. The molecule has 2 atom stereocenters. The predicted octanol–water partition coefficient (Wildman–Crippen LogP) is 3.73. The molecule has 9 nitrogen and oxygen atoms in total. The first-order valence-electron chi connectivity index (χ1n) is 10.5. The van der Waals surface area contributed by atoms with Gasteiger partial charge < -0.3 is 24.5 Å². The van der Waals surface area contributed by atoms with Crippen molar-refractivity contribution in [3.8, 4) is 17.5 Å². The van der Waals surface area contributed by atoms with Gasteiger partial charge >= 0.3 is 0 Å². The smallest absolute Gasteiger partial charge is 0.287 e. The molecule has 1 aliphatic rings. The number of amides is 1. The van der Waals surface area contributed by atoms with Gasteiger partial charge in [-0.05, 0) is 12.8 Å². The molecule has 2 N–H and O–H groups in total. The summed E-state index contributed by atoms with van der Waals surface area (Å²) >= 11 is 5.85. The number of aliphatic hydroxyl groups excluding tert-OH is 1. The number of aromatic nitrogens is 4. The zero-order valence-electron chi connectivity index (χ0n) is 18.2. The fourth-order valence-electron chi connectivity index (χ4n) is 3.72. The highest BCUT2D eigenvalue weighted by molar-refractivity contribution is 6.30. The van der Waals surface area contributed by atoms with Crippen molar-refractivity contribution in [2.45, 2.75) is 43.8 Å². The van der Waals surface area contributed by atoms with Gasteiger partial charge in [-0.15, -0.1) is 0 Å². The Morgan fingerprint density at radius 2 is 2.11 bits per heavy atom. The Labute approximate surface area is 201 Å². The molecule has 1 amide bonds. The molecular formula is C21H20ClF4N5O4. The molecule has 0 aliphatic heterocycles. The maximum atomic E-state index is 13.8. The van der Waals surface area contributed by atoms with E-state index in [-0.39, 0.29) is 41.2 Å². The van der Waals surface area contributed by atoms with Crippen molar-refractivity contribution >= 4 is 28.5 Å². The molecule has 0 spiro atoms. The largest absolute Gasteiger partial charge is 0.482 e. The first-order valence-corrected chi connectivity index (χ1v) is 10.9. The van der Waals surface area contributed by atoms with E-state index < -0.39 is 43.4 Å². The zero-order valence-corrected chi connectivity index (χ0v) is 19.0. The average Bonchev–Trinajstić information content (AvgIpc) is 3.13. The van der Waals surface area contributed by atoms with E-state index in [1.165, 1.54) is 36.1 Å². The summed E-state index contributed by atoms with van der Waals surface area (Å²) in [6.07, 6.45) is -2.26. The summed E-state index contributed by atoms with van der Waals surface area (Å²) in [4.78, 5) is 24.9. The topological polar surface area (TPSA) is 111 Å². The van der Waals surface area contributed by atoms with Crippen molar-refractivity contribution in [3.05, 3.63) is 35.4 Å².